The van der Waals surface area contributed by atoms with Crippen molar-refractivity contribution < 1.29 is 9.53 Å². The van der Waals surface area contributed by atoms with Crippen LogP contribution in [0.1, 0.15) is 6.42 Å². The van der Waals surface area contributed by atoms with Gasteiger partial charge in [-0.1, -0.05) is 0 Å². The molecule has 1 aliphatic carbocycles. The second-order valence-corrected chi connectivity index (χ2v) is 3.19. The van der Waals surface area contributed by atoms with Gasteiger partial charge in [0.15, 0.2) is 0 Å². The molecule has 1 aliphatic heterocycles. The molecule has 2 N–H and O–H groups in total. The van der Waals surface area contributed by atoms with Crippen molar-refractivity contribution in [2.75, 3.05) is 13.7 Å². The minimum atomic E-state index is -0.148. The first-order valence-electron chi connectivity index (χ1n) is 3.89. The topological polar surface area (TPSA) is 50.4 Å². The van der Waals surface area contributed by atoms with Crippen LogP contribution in [0.5, 0.6) is 0 Å². The van der Waals surface area contributed by atoms with Crippen LogP contribution in [0.25, 0.3) is 0 Å². The third-order valence-corrected chi connectivity index (χ3v) is 2.48. The number of hydrogen-bond acceptors (Lipinski definition) is 4. The number of esters is 1. The molecule has 0 spiro atoms. The first-order chi connectivity index (χ1) is 5.33. The number of hydrazine groups is 1. The molecule has 2 rings (SSSR count). The Labute approximate surface area is 65.3 Å². The van der Waals surface area contributed by atoms with E-state index in [1.165, 1.54) is 7.11 Å². The molecule has 0 aromatic carbocycles. The van der Waals surface area contributed by atoms with Gasteiger partial charge in [0, 0.05) is 6.54 Å². The number of hydrogen-bond donors (Lipinski definition) is 2. The Kier molecular flexibility index (Phi) is 1.58. The predicted octanol–water partition coefficient (Wildman–Crippen LogP) is -0.728. The van der Waals surface area contributed by atoms with E-state index in [1.807, 2.05) is 0 Å². The Hall–Kier alpha value is -0.610. The number of methoxy groups -OCH3 is 1. The third kappa shape index (κ3) is 1.12. The van der Waals surface area contributed by atoms with Crippen molar-refractivity contribution in [2.45, 2.75) is 12.5 Å². The predicted molar refractivity (Wildman–Crippen MR) is 38.5 cm³/mol. The van der Waals surface area contributed by atoms with Crippen molar-refractivity contribution in [1.29, 1.82) is 0 Å². The molecule has 0 aromatic rings. The molecule has 4 heteroatoms. The average molecular weight is 156 g/mol. The highest BCUT2D eigenvalue weighted by atomic mass is 16.5. The molecule has 2 aliphatic rings. The number of rotatable bonds is 1. The van der Waals surface area contributed by atoms with Gasteiger partial charge in [-0.2, -0.15) is 0 Å². The fourth-order valence-corrected chi connectivity index (χ4v) is 1.68. The van der Waals surface area contributed by atoms with Crippen molar-refractivity contribution in [3.63, 3.8) is 0 Å². The quantitative estimate of drug-likeness (QED) is 0.491. The Balaban J connectivity index is 1.97. The van der Waals surface area contributed by atoms with Gasteiger partial charge in [-0.05, 0) is 18.3 Å². The molecule has 62 valence electrons. The van der Waals surface area contributed by atoms with Crippen LogP contribution < -0.4 is 10.9 Å². The summed E-state index contributed by atoms with van der Waals surface area (Å²) >= 11 is 0. The summed E-state index contributed by atoms with van der Waals surface area (Å²) in [5.41, 5.74) is 5.93. The van der Waals surface area contributed by atoms with Gasteiger partial charge in [0.05, 0.1) is 7.11 Å². The molecule has 3 atom stereocenters. The zero-order valence-corrected chi connectivity index (χ0v) is 6.46. The lowest BCUT2D eigenvalue weighted by molar-refractivity contribution is -0.144. The Bertz CT molecular complexity index is 183. The van der Waals surface area contributed by atoms with E-state index in [9.17, 15) is 4.79 Å². The van der Waals surface area contributed by atoms with Crippen LogP contribution >= 0.6 is 0 Å². The van der Waals surface area contributed by atoms with Crippen LogP contribution in [0.15, 0.2) is 0 Å². The first-order valence-corrected chi connectivity index (χ1v) is 3.89. The first kappa shape index (κ1) is 7.06. The fourth-order valence-electron chi connectivity index (χ4n) is 1.68. The Morgan fingerprint density at radius 2 is 2.45 bits per heavy atom. The normalized spacial score (nSPS) is 41.0. The van der Waals surface area contributed by atoms with Crippen molar-refractivity contribution >= 4 is 5.97 Å². The van der Waals surface area contributed by atoms with E-state index in [0.717, 1.165) is 13.0 Å². The van der Waals surface area contributed by atoms with E-state index < -0.39 is 0 Å². The van der Waals surface area contributed by atoms with E-state index in [2.05, 4.69) is 15.6 Å². The second-order valence-electron chi connectivity index (χ2n) is 3.19. The molecule has 1 saturated carbocycles. The van der Waals surface area contributed by atoms with E-state index in [1.54, 1.807) is 0 Å². The highest BCUT2D eigenvalue weighted by Gasteiger charge is 2.48. The summed E-state index contributed by atoms with van der Waals surface area (Å²) in [6.45, 7) is 0.984. The van der Waals surface area contributed by atoms with Crippen LogP contribution in [0.4, 0.5) is 0 Å². The van der Waals surface area contributed by atoms with Gasteiger partial charge < -0.3 is 4.74 Å². The number of ether oxygens (including phenoxy) is 1. The molecule has 3 unspecified atom stereocenters. The van der Waals surface area contributed by atoms with Crippen molar-refractivity contribution in [2.24, 2.45) is 11.8 Å². The summed E-state index contributed by atoms with van der Waals surface area (Å²) in [6, 6.07) is -0.112. The van der Waals surface area contributed by atoms with Crippen molar-refractivity contribution in [3.8, 4) is 0 Å². The number of carbonyl (C=O) groups is 1. The maximum absolute atomic E-state index is 11.1. The van der Waals surface area contributed by atoms with E-state index in [0.29, 0.717) is 11.8 Å². The molecule has 1 saturated heterocycles. The smallest absolute Gasteiger partial charge is 0.324 e. The number of nitrogens with one attached hydrogen (secondary N) is 2. The van der Waals surface area contributed by atoms with Crippen molar-refractivity contribution in [1.82, 2.24) is 10.9 Å². The van der Waals surface area contributed by atoms with Crippen LogP contribution in [0.2, 0.25) is 0 Å². The molecule has 0 aromatic heterocycles. The van der Waals surface area contributed by atoms with Gasteiger partial charge in [-0.15, -0.1) is 0 Å². The van der Waals surface area contributed by atoms with E-state index in [4.69, 9.17) is 0 Å². The highest BCUT2D eigenvalue weighted by Crippen LogP contribution is 2.42. The van der Waals surface area contributed by atoms with Gasteiger partial charge in [0.2, 0.25) is 0 Å². The maximum atomic E-state index is 11.1. The summed E-state index contributed by atoms with van der Waals surface area (Å²) in [4.78, 5) is 11.1. The Morgan fingerprint density at radius 3 is 3.18 bits per heavy atom. The van der Waals surface area contributed by atoms with Crippen LogP contribution in [-0.2, 0) is 9.53 Å². The average Bonchev–Trinajstić information content (AvgIpc) is 2.80. The SMILES string of the molecule is COC(=O)C1NNCC2CC21. The molecular formula is C7H12N2O2. The summed E-state index contributed by atoms with van der Waals surface area (Å²) in [6.07, 6.45) is 1.15. The van der Waals surface area contributed by atoms with Crippen LogP contribution in [-0.4, -0.2) is 25.7 Å². The molecule has 1 heterocycles. The third-order valence-electron chi connectivity index (χ3n) is 2.48. The zero-order valence-electron chi connectivity index (χ0n) is 6.46. The molecule has 0 amide bonds. The summed E-state index contributed by atoms with van der Waals surface area (Å²) < 4.78 is 4.65. The van der Waals surface area contributed by atoms with Gasteiger partial charge in [-0.3, -0.25) is 10.2 Å². The van der Waals surface area contributed by atoms with E-state index >= 15 is 0 Å². The van der Waals surface area contributed by atoms with Crippen LogP contribution in [0.3, 0.4) is 0 Å². The van der Waals surface area contributed by atoms with Crippen LogP contribution in [0, 0.1) is 11.8 Å². The highest BCUT2D eigenvalue weighted by molar-refractivity contribution is 5.76. The minimum Gasteiger partial charge on any atom is -0.468 e. The Morgan fingerprint density at radius 1 is 1.64 bits per heavy atom. The van der Waals surface area contributed by atoms with Gasteiger partial charge in [0.25, 0.3) is 0 Å². The molecule has 0 radical (unpaired) electrons. The number of carbonyl (C=O) groups excluding carboxylic acids is 1. The summed E-state index contributed by atoms with van der Waals surface area (Å²) in [5, 5.41) is 0. The van der Waals surface area contributed by atoms with Gasteiger partial charge in [0.1, 0.15) is 6.04 Å². The monoisotopic (exact) mass is 156 g/mol. The van der Waals surface area contributed by atoms with E-state index in [-0.39, 0.29) is 12.0 Å². The molecule has 4 nitrogen and oxygen atoms in total. The lowest BCUT2D eigenvalue weighted by Gasteiger charge is -2.21. The lowest BCUT2D eigenvalue weighted by Crippen LogP contribution is -2.51. The molecule has 11 heavy (non-hydrogen) atoms. The molecule has 0 bridgehead atoms. The minimum absolute atomic E-state index is 0.112. The summed E-state index contributed by atoms with van der Waals surface area (Å²) in [7, 11) is 1.43. The van der Waals surface area contributed by atoms with Gasteiger partial charge >= 0.3 is 5.97 Å². The standard InChI is InChI=1S/C7H12N2O2/c1-11-7(10)6-5-2-4(5)3-8-9-6/h4-6,8-9H,2-3H2,1H3. The second kappa shape index (κ2) is 2.46. The number of fused-ring (bicyclic) bond motifs is 1. The molecule has 2 fully saturated rings. The maximum Gasteiger partial charge on any atom is 0.324 e. The zero-order chi connectivity index (χ0) is 7.84. The van der Waals surface area contributed by atoms with Gasteiger partial charge in [-0.25, -0.2) is 5.43 Å². The fraction of sp³-hybridized carbons (Fsp3) is 0.857. The van der Waals surface area contributed by atoms with Crippen molar-refractivity contribution in [3.05, 3.63) is 0 Å². The largest absolute Gasteiger partial charge is 0.468 e. The lowest BCUT2D eigenvalue weighted by atomic mass is 10.1. The molecular weight excluding hydrogens is 144 g/mol. The summed E-state index contributed by atoms with van der Waals surface area (Å²) in [5.74, 6) is 1.06.